The van der Waals surface area contributed by atoms with Crippen LogP contribution in [0.4, 0.5) is 26.3 Å². The lowest BCUT2D eigenvalue weighted by Crippen LogP contribution is -2.11. The van der Waals surface area contributed by atoms with Gasteiger partial charge in [-0.25, -0.2) is 0 Å². The highest BCUT2D eigenvalue weighted by Gasteiger charge is 2.37. The number of halogens is 6. The van der Waals surface area contributed by atoms with Gasteiger partial charge in [-0.1, -0.05) is 5.16 Å². The first-order valence-corrected chi connectivity index (χ1v) is 7.82. The number of rotatable bonds is 2. The second-order valence-electron chi connectivity index (χ2n) is 6.00. The van der Waals surface area contributed by atoms with Crippen LogP contribution < -0.4 is 0 Å². The summed E-state index contributed by atoms with van der Waals surface area (Å²) in [6, 6.07) is 8.04. The topological polar surface area (TPSA) is 54.7 Å². The van der Waals surface area contributed by atoms with Crippen LogP contribution in [-0.4, -0.2) is 15.1 Å². The third-order valence-corrected chi connectivity index (χ3v) is 4.07. The highest BCUT2D eigenvalue weighted by molar-refractivity contribution is 5.83. The van der Waals surface area contributed by atoms with Crippen molar-refractivity contribution in [1.82, 2.24) is 15.1 Å². The summed E-state index contributed by atoms with van der Waals surface area (Å²) in [6.07, 6.45) is -8.20. The van der Waals surface area contributed by atoms with Crippen LogP contribution in [0, 0.1) is 0 Å². The number of fused-ring (bicyclic) bond motifs is 1. The van der Waals surface area contributed by atoms with Crippen LogP contribution in [0.1, 0.15) is 11.1 Å². The van der Waals surface area contributed by atoms with Gasteiger partial charge in [0.05, 0.1) is 11.1 Å². The molecule has 0 aliphatic heterocycles. The van der Waals surface area contributed by atoms with Gasteiger partial charge in [-0.2, -0.15) is 31.3 Å². The zero-order valence-corrected chi connectivity index (χ0v) is 13.7. The smallest absolute Gasteiger partial charge is 0.361 e. The Morgan fingerprint density at radius 3 is 2.11 bits per heavy atom. The summed E-state index contributed by atoms with van der Waals surface area (Å²) in [4.78, 5) is 6.96. The molecule has 0 unspecified atom stereocenters. The third kappa shape index (κ3) is 3.32. The first-order valence-electron chi connectivity index (χ1n) is 7.82. The van der Waals surface area contributed by atoms with Crippen molar-refractivity contribution in [2.24, 2.45) is 0 Å². The number of hydrogen-bond donors (Lipinski definition) is 1. The van der Waals surface area contributed by atoms with E-state index in [-0.39, 0.29) is 11.9 Å². The lowest BCUT2D eigenvalue weighted by atomic mass is 10.0. The quantitative estimate of drug-likeness (QED) is 0.427. The minimum absolute atomic E-state index is 0.0423. The molecule has 2 aromatic heterocycles. The van der Waals surface area contributed by atoms with Crippen molar-refractivity contribution >= 4 is 10.9 Å². The third-order valence-electron chi connectivity index (χ3n) is 4.07. The number of nitrogens with zero attached hydrogens (tertiary/aromatic N) is 2. The Kier molecular flexibility index (Phi) is 3.95. The molecular formula is C18H9F6N3O. The van der Waals surface area contributed by atoms with E-state index in [0.29, 0.717) is 17.7 Å². The van der Waals surface area contributed by atoms with Crippen molar-refractivity contribution < 1.29 is 30.9 Å². The maximum atomic E-state index is 13.0. The van der Waals surface area contributed by atoms with Gasteiger partial charge in [0.2, 0.25) is 5.82 Å². The van der Waals surface area contributed by atoms with E-state index in [1.807, 2.05) is 0 Å². The first kappa shape index (κ1) is 18.1. The van der Waals surface area contributed by atoms with Gasteiger partial charge < -0.3 is 9.51 Å². The minimum atomic E-state index is -4.96. The molecule has 4 rings (SSSR count). The number of H-pyrrole nitrogens is 1. The molecule has 0 radical (unpaired) electrons. The molecule has 2 heterocycles. The summed E-state index contributed by atoms with van der Waals surface area (Å²) in [5.41, 5.74) is -2.02. The largest absolute Gasteiger partial charge is 0.416 e. The lowest BCUT2D eigenvalue weighted by Gasteiger charge is -2.12. The van der Waals surface area contributed by atoms with Crippen molar-refractivity contribution in [3.8, 4) is 22.8 Å². The van der Waals surface area contributed by atoms with Crippen molar-refractivity contribution in [1.29, 1.82) is 0 Å². The van der Waals surface area contributed by atoms with Gasteiger partial charge in [0.1, 0.15) is 0 Å². The summed E-state index contributed by atoms with van der Waals surface area (Å²) in [5, 5.41) is 4.51. The lowest BCUT2D eigenvalue weighted by molar-refractivity contribution is -0.143. The Balaban J connectivity index is 1.79. The summed E-state index contributed by atoms with van der Waals surface area (Å²) in [7, 11) is 0. The maximum absolute atomic E-state index is 13.0. The standard InChI is InChI=1S/C18H9F6N3O/c19-17(20,21)12-6-11(7-13(8-12)18(22,23)24)16-26-15(27-28-16)10-1-2-14-9(5-10)3-4-25-14/h1-8,25H. The van der Waals surface area contributed by atoms with Crippen LogP contribution in [0.15, 0.2) is 53.2 Å². The molecule has 0 aliphatic rings. The van der Waals surface area contributed by atoms with Gasteiger partial charge >= 0.3 is 12.4 Å². The van der Waals surface area contributed by atoms with Gasteiger partial charge in [0.15, 0.2) is 0 Å². The highest BCUT2D eigenvalue weighted by Crippen LogP contribution is 2.38. The van der Waals surface area contributed by atoms with Crippen LogP contribution in [0.2, 0.25) is 0 Å². The van der Waals surface area contributed by atoms with E-state index < -0.39 is 34.9 Å². The zero-order chi connectivity index (χ0) is 20.1. The average molecular weight is 397 g/mol. The fourth-order valence-corrected chi connectivity index (χ4v) is 2.73. The van der Waals surface area contributed by atoms with E-state index in [1.165, 1.54) is 0 Å². The van der Waals surface area contributed by atoms with Gasteiger partial charge in [-0.05, 0) is 42.5 Å². The molecule has 4 nitrogen and oxygen atoms in total. The van der Waals surface area contributed by atoms with Crippen LogP contribution in [0.5, 0.6) is 0 Å². The molecule has 1 N–H and O–H groups in total. The molecule has 4 aromatic rings. The van der Waals surface area contributed by atoms with Crippen LogP contribution in [0.25, 0.3) is 33.7 Å². The molecule has 0 spiro atoms. The second kappa shape index (κ2) is 6.11. The summed E-state index contributed by atoms with van der Waals surface area (Å²) in [6.45, 7) is 0. The predicted molar refractivity (Wildman–Crippen MR) is 87.0 cm³/mol. The number of hydrogen-bond acceptors (Lipinski definition) is 3. The molecule has 28 heavy (non-hydrogen) atoms. The number of aromatic nitrogens is 3. The molecule has 10 heteroatoms. The molecule has 0 saturated heterocycles. The fourth-order valence-electron chi connectivity index (χ4n) is 2.73. The van der Waals surface area contributed by atoms with Crippen LogP contribution in [0.3, 0.4) is 0 Å². The molecule has 0 fully saturated rings. The van der Waals surface area contributed by atoms with Gasteiger partial charge in [0.25, 0.3) is 5.89 Å². The minimum Gasteiger partial charge on any atom is -0.361 e. The van der Waals surface area contributed by atoms with E-state index >= 15 is 0 Å². The molecule has 0 amide bonds. The molecule has 144 valence electrons. The van der Waals surface area contributed by atoms with Crippen molar-refractivity contribution in [3.05, 3.63) is 59.8 Å². The van der Waals surface area contributed by atoms with E-state index in [2.05, 4.69) is 15.1 Å². The Morgan fingerprint density at radius 2 is 1.46 bits per heavy atom. The normalized spacial score (nSPS) is 12.6. The summed E-state index contributed by atoms with van der Waals surface area (Å²) >= 11 is 0. The van der Waals surface area contributed by atoms with Crippen LogP contribution >= 0.6 is 0 Å². The Labute approximate surface area is 152 Å². The Morgan fingerprint density at radius 1 is 0.786 bits per heavy atom. The molecule has 0 bridgehead atoms. The van der Waals surface area contributed by atoms with E-state index in [1.54, 1.807) is 30.5 Å². The van der Waals surface area contributed by atoms with E-state index in [9.17, 15) is 26.3 Å². The second-order valence-corrected chi connectivity index (χ2v) is 6.00. The van der Waals surface area contributed by atoms with E-state index in [4.69, 9.17) is 4.52 Å². The summed E-state index contributed by atoms with van der Waals surface area (Å²) in [5.74, 6) is -0.398. The number of nitrogens with one attached hydrogen (secondary N) is 1. The molecule has 0 saturated carbocycles. The van der Waals surface area contributed by atoms with Gasteiger partial charge in [-0.3, -0.25) is 0 Å². The summed E-state index contributed by atoms with van der Waals surface area (Å²) < 4.78 is 82.9. The zero-order valence-electron chi connectivity index (χ0n) is 13.7. The fraction of sp³-hybridized carbons (Fsp3) is 0.111. The van der Waals surface area contributed by atoms with Crippen molar-refractivity contribution in [3.63, 3.8) is 0 Å². The monoisotopic (exact) mass is 397 g/mol. The number of alkyl halides is 6. The van der Waals surface area contributed by atoms with Crippen LogP contribution in [-0.2, 0) is 12.4 Å². The molecule has 0 aliphatic carbocycles. The number of benzene rings is 2. The van der Waals surface area contributed by atoms with Gasteiger partial charge in [0, 0.05) is 28.2 Å². The Hall–Kier alpha value is -3.30. The number of aromatic amines is 1. The SMILES string of the molecule is FC(F)(F)c1cc(-c2nc(-c3ccc4[nH]ccc4c3)no2)cc(C(F)(F)F)c1. The van der Waals surface area contributed by atoms with Crippen molar-refractivity contribution in [2.75, 3.05) is 0 Å². The molecule has 0 atom stereocenters. The Bertz CT molecular complexity index is 1120. The van der Waals surface area contributed by atoms with Crippen molar-refractivity contribution in [2.45, 2.75) is 12.4 Å². The van der Waals surface area contributed by atoms with E-state index in [0.717, 1.165) is 10.9 Å². The van der Waals surface area contributed by atoms with Gasteiger partial charge in [-0.15, -0.1) is 0 Å². The first-order chi connectivity index (χ1) is 13.1. The average Bonchev–Trinajstić information content (AvgIpc) is 3.28. The highest BCUT2D eigenvalue weighted by atomic mass is 19.4. The maximum Gasteiger partial charge on any atom is 0.416 e. The molecule has 2 aromatic carbocycles. The molecular weight excluding hydrogens is 388 g/mol. The predicted octanol–water partition coefficient (Wildman–Crippen LogP) is 5.92.